The molecule has 1 atom stereocenters. The highest BCUT2D eigenvalue weighted by Gasteiger charge is 2.01. The molecule has 0 radical (unpaired) electrons. The van der Waals surface area contributed by atoms with Crippen LogP contribution in [0.4, 0.5) is 0 Å². The van der Waals surface area contributed by atoms with Crippen LogP contribution in [0.25, 0.3) is 0 Å². The molecular formula is C20H33N2O6S2+. The highest BCUT2D eigenvalue weighted by atomic mass is 32.2. The average Bonchev–Trinajstić information content (AvgIpc) is 2.58. The quantitative estimate of drug-likeness (QED) is 0.268. The Morgan fingerprint density at radius 2 is 0.967 bits per heavy atom. The van der Waals surface area contributed by atoms with E-state index in [9.17, 15) is 8.76 Å². The first-order valence-corrected chi connectivity index (χ1v) is 13.2. The second-order valence-corrected chi connectivity index (χ2v) is 9.95. The molecule has 8 nitrogen and oxygen atoms in total. The zero-order valence-corrected chi connectivity index (χ0v) is 19.7. The lowest BCUT2D eigenvalue weighted by atomic mass is 10.2. The first-order chi connectivity index (χ1) is 13.7. The summed E-state index contributed by atoms with van der Waals surface area (Å²) in [5.74, 6) is 0. The fraction of sp³-hybridized carbons (Fsp3) is 0.500. The molecule has 0 spiro atoms. The van der Waals surface area contributed by atoms with Crippen LogP contribution < -0.4 is 9.13 Å². The number of aromatic nitrogens is 2. The molecule has 1 N–H and O–H groups in total. The lowest BCUT2D eigenvalue weighted by molar-refractivity contribution is -0.698. The van der Waals surface area contributed by atoms with Gasteiger partial charge in [-0.1, -0.05) is 0 Å². The number of nitrogens with zero attached hydrogens (tertiary/aromatic N) is 2. The third-order valence-corrected chi connectivity index (χ3v) is 3.70. The van der Waals surface area contributed by atoms with Crippen molar-refractivity contribution in [3.63, 3.8) is 0 Å². The molecule has 0 bridgehead atoms. The Morgan fingerprint density at radius 3 is 1.20 bits per heavy atom. The predicted octanol–water partition coefficient (Wildman–Crippen LogP) is 1.62. The van der Waals surface area contributed by atoms with Crippen molar-refractivity contribution in [3.05, 3.63) is 60.2 Å². The van der Waals surface area contributed by atoms with Gasteiger partial charge in [-0.3, -0.25) is 0 Å². The van der Waals surface area contributed by atoms with Crippen LogP contribution in [0, 0.1) is 13.8 Å². The summed E-state index contributed by atoms with van der Waals surface area (Å²) in [7, 11) is -7.58. The van der Waals surface area contributed by atoms with Gasteiger partial charge < -0.3 is 9.11 Å². The highest BCUT2D eigenvalue weighted by Crippen LogP contribution is 2.00. The molecule has 0 amide bonds. The molecule has 2 rings (SSSR count). The minimum atomic E-state index is -3.92. The molecule has 2 heterocycles. The summed E-state index contributed by atoms with van der Waals surface area (Å²) in [6.07, 6.45) is 15.2. The monoisotopic (exact) mass is 461 g/mol. The Kier molecular flexibility index (Phi) is 13.3. The van der Waals surface area contributed by atoms with Crippen molar-refractivity contribution >= 4 is 20.2 Å². The highest BCUT2D eigenvalue weighted by molar-refractivity contribution is 7.85. The molecule has 0 aliphatic heterocycles. The summed E-state index contributed by atoms with van der Waals surface area (Å²) < 4.78 is 57.7. The van der Waals surface area contributed by atoms with Gasteiger partial charge in [-0.05, 0) is 37.8 Å². The molecule has 0 aliphatic rings. The third-order valence-electron chi connectivity index (χ3n) is 3.70. The summed E-state index contributed by atoms with van der Waals surface area (Å²) in [5.41, 5.74) is 2.66. The Balaban J connectivity index is 0.000000702. The van der Waals surface area contributed by atoms with Crippen molar-refractivity contribution in [1.29, 1.82) is 0 Å². The number of pyridine rings is 2. The van der Waals surface area contributed by atoms with E-state index < -0.39 is 20.2 Å². The molecular weight excluding hydrogens is 428 g/mol. The van der Waals surface area contributed by atoms with Crippen molar-refractivity contribution in [2.75, 3.05) is 12.5 Å². The molecule has 0 aromatic carbocycles. The van der Waals surface area contributed by atoms with Gasteiger partial charge in [-0.25, -0.2) is 21.8 Å². The third kappa shape index (κ3) is 22.4. The summed E-state index contributed by atoms with van der Waals surface area (Å²) in [4.78, 5) is 0. The van der Waals surface area contributed by atoms with Crippen molar-refractivity contribution in [2.45, 2.75) is 52.6 Å². The predicted molar refractivity (Wildman–Crippen MR) is 114 cm³/mol. The van der Waals surface area contributed by atoms with E-state index >= 15 is 0 Å². The molecule has 30 heavy (non-hydrogen) atoms. The minimum Gasteiger partial charge on any atom is -0.748 e. The fourth-order valence-corrected chi connectivity index (χ4v) is 2.30. The number of aryl methyl sites for hydroxylation is 4. The Labute approximate surface area is 180 Å². The molecule has 2 aromatic rings. The molecule has 0 fully saturated rings. The van der Waals surface area contributed by atoms with Crippen LogP contribution in [0.1, 0.15) is 36.8 Å². The summed E-state index contributed by atoms with van der Waals surface area (Å²) in [5, 5.41) is 0. The van der Waals surface area contributed by atoms with E-state index in [1.807, 2.05) is 0 Å². The van der Waals surface area contributed by atoms with Crippen LogP contribution in [-0.2, 0) is 33.3 Å². The Hall–Kier alpha value is -1.88. The normalized spacial score (nSPS) is 12.6. The van der Waals surface area contributed by atoms with E-state index in [2.05, 4.69) is 72.0 Å². The van der Waals surface area contributed by atoms with E-state index in [1.165, 1.54) is 36.8 Å². The van der Waals surface area contributed by atoms with Crippen LogP contribution >= 0.6 is 0 Å². The van der Waals surface area contributed by atoms with Crippen LogP contribution in [0.15, 0.2) is 49.1 Å². The largest absolute Gasteiger partial charge is 0.748 e. The molecule has 10 heteroatoms. The lowest BCUT2D eigenvalue weighted by Crippen LogP contribution is -2.33. The summed E-state index contributed by atoms with van der Waals surface area (Å²) >= 11 is 0. The van der Waals surface area contributed by atoms with Gasteiger partial charge in [0.05, 0.1) is 16.4 Å². The van der Waals surface area contributed by atoms with Gasteiger partial charge in [0, 0.05) is 43.4 Å². The van der Waals surface area contributed by atoms with Crippen molar-refractivity contribution in [1.82, 2.24) is 0 Å². The van der Waals surface area contributed by atoms with Gasteiger partial charge in [0.25, 0.3) is 0 Å². The summed E-state index contributed by atoms with van der Waals surface area (Å²) in [6, 6.07) is 8.70. The van der Waals surface area contributed by atoms with Gasteiger partial charge in [-0.2, -0.15) is 4.21 Å². The molecule has 0 aliphatic carbocycles. The maximum atomic E-state index is 9.19. The van der Waals surface area contributed by atoms with Gasteiger partial charge in [-0.15, -0.1) is 0 Å². The number of hydrogen-bond donors (Lipinski definition) is 0. The second-order valence-electron chi connectivity index (χ2n) is 7.08. The molecule has 170 valence electrons. The topological polar surface area (TPSA) is 126 Å². The average molecular weight is 462 g/mol. The van der Waals surface area contributed by atoms with Crippen molar-refractivity contribution in [3.8, 4) is 0 Å². The number of hydrogen-bond acceptors (Lipinski definition) is 5. The number of rotatable bonds is 7. The van der Waals surface area contributed by atoms with Crippen LogP contribution in [0.2, 0.25) is 0 Å². The van der Waals surface area contributed by atoms with E-state index in [4.69, 9.17) is 17.2 Å². The molecule has 0 saturated carbocycles. The SMILES string of the molecule is CS(=O)(=O)[O-].CS(=O)([O-])=[OH+].Cc1cc[n+](CCCCCC[n+]2ccc(C)cc2)cc1. The molecule has 1 unspecified atom stereocenters. The number of unbranched alkanes of at least 4 members (excludes halogenated alkanes) is 3. The van der Waals surface area contributed by atoms with E-state index in [0.717, 1.165) is 13.1 Å². The second kappa shape index (κ2) is 14.2. The van der Waals surface area contributed by atoms with Gasteiger partial charge in [0.15, 0.2) is 24.8 Å². The van der Waals surface area contributed by atoms with Crippen molar-refractivity contribution in [2.24, 2.45) is 0 Å². The van der Waals surface area contributed by atoms with Gasteiger partial charge in [0.2, 0.25) is 10.1 Å². The first-order valence-electron chi connectivity index (χ1n) is 9.49. The van der Waals surface area contributed by atoms with Crippen LogP contribution in [0.3, 0.4) is 0 Å². The lowest BCUT2D eigenvalue weighted by Gasteiger charge is -1.99. The van der Waals surface area contributed by atoms with Gasteiger partial charge >= 0.3 is 0 Å². The molecule has 2 aromatic heterocycles. The van der Waals surface area contributed by atoms with Gasteiger partial charge in [0.1, 0.15) is 13.1 Å². The van der Waals surface area contributed by atoms with Crippen LogP contribution in [0.5, 0.6) is 0 Å². The first kappa shape index (κ1) is 28.1. The van der Waals surface area contributed by atoms with E-state index in [1.54, 1.807) is 0 Å². The smallest absolute Gasteiger partial charge is 0.229 e. The zero-order chi connectivity index (χ0) is 23.2. The maximum Gasteiger partial charge on any atom is 0.229 e. The standard InChI is InChI=1S/C18H26N2.2CH4O3S/c1-17-7-13-19(14-8-17)11-5-3-4-6-12-20-15-9-18(2)10-16-20;2*1-5(2,3)4/h7-10,13-16H,3-6,11-12H2,1-2H3;2*1H3,(H,2,3,4)/q+2;;/p-1. The van der Waals surface area contributed by atoms with Crippen molar-refractivity contribution < 1.29 is 35.1 Å². The van der Waals surface area contributed by atoms with E-state index in [-0.39, 0.29) is 0 Å². The van der Waals surface area contributed by atoms with Crippen LogP contribution in [-0.4, -0.2) is 38.5 Å². The maximum absolute atomic E-state index is 9.19. The van der Waals surface area contributed by atoms with E-state index in [0.29, 0.717) is 12.5 Å². The Bertz CT molecular complexity index is 831. The summed E-state index contributed by atoms with van der Waals surface area (Å²) in [6.45, 7) is 6.54. The Morgan fingerprint density at radius 1 is 0.733 bits per heavy atom. The fourth-order valence-electron chi connectivity index (χ4n) is 2.30. The molecule has 0 saturated heterocycles. The zero-order valence-electron chi connectivity index (χ0n) is 18.1. The minimum absolute atomic E-state index is 0.604.